The number of carbonyl (C=O) groups is 2. The van der Waals surface area contributed by atoms with Gasteiger partial charge in [-0.05, 0) is 104 Å². The number of fused-ring (bicyclic) bond motifs is 3. The Bertz CT molecular complexity index is 2190. The van der Waals surface area contributed by atoms with Crippen molar-refractivity contribution < 1.29 is 57.8 Å². The number of ether oxygens (including phenoxy) is 7. The van der Waals surface area contributed by atoms with Crippen LogP contribution in [0.1, 0.15) is 93.7 Å². The molecule has 0 radical (unpaired) electrons. The molecule has 0 spiro atoms. The average Bonchev–Trinajstić information content (AvgIpc) is 3.81. The van der Waals surface area contributed by atoms with Gasteiger partial charge in [0.05, 0.1) is 31.5 Å². The minimum absolute atomic E-state index is 0.00392. The van der Waals surface area contributed by atoms with Crippen LogP contribution in [-0.2, 0) is 32.1 Å². The molecule has 15 heteroatoms. The van der Waals surface area contributed by atoms with Gasteiger partial charge >= 0.3 is 12.2 Å². The number of benzene rings is 3. The van der Waals surface area contributed by atoms with E-state index in [-0.39, 0.29) is 63.9 Å². The molecule has 3 aromatic carbocycles. The summed E-state index contributed by atoms with van der Waals surface area (Å²) in [6.07, 6.45) is 9.25. The van der Waals surface area contributed by atoms with Crippen LogP contribution in [0, 0.1) is 17.8 Å². The molecule has 2 fully saturated rings. The van der Waals surface area contributed by atoms with E-state index in [0.717, 1.165) is 60.8 Å². The number of oxime groups is 1. The maximum Gasteiger partial charge on any atom is 0.412 e. The van der Waals surface area contributed by atoms with Gasteiger partial charge in [0, 0.05) is 50.6 Å². The molecule has 3 N–H and O–H groups in total. The molecule has 0 aromatic heterocycles. The van der Waals surface area contributed by atoms with E-state index in [0.29, 0.717) is 61.1 Å². The first-order valence-corrected chi connectivity index (χ1v) is 23.5. The van der Waals surface area contributed by atoms with Gasteiger partial charge in [-0.2, -0.15) is 0 Å². The van der Waals surface area contributed by atoms with Crippen LogP contribution in [-0.4, -0.2) is 91.0 Å². The number of amides is 2. The van der Waals surface area contributed by atoms with Crippen LogP contribution in [0.4, 0.5) is 9.59 Å². The Morgan fingerprint density at radius 1 is 0.955 bits per heavy atom. The van der Waals surface area contributed by atoms with Crippen LogP contribution in [0.2, 0.25) is 0 Å². The summed E-state index contributed by atoms with van der Waals surface area (Å²) >= 11 is 0. The van der Waals surface area contributed by atoms with Crippen LogP contribution >= 0.6 is 0 Å². The van der Waals surface area contributed by atoms with Crippen LogP contribution in [0.15, 0.2) is 96.2 Å². The summed E-state index contributed by atoms with van der Waals surface area (Å²) in [6, 6.07) is 19.8. The zero-order chi connectivity index (χ0) is 45.9. The van der Waals surface area contributed by atoms with E-state index in [2.05, 4.69) is 18.0 Å². The topological polar surface area (TPSA) is 176 Å². The van der Waals surface area contributed by atoms with E-state index in [1.165, 1.54) is 0 Å². The Kier molecular flexibility index (Phi) is 15.8. The summed E-state index contributed by atoms with van der Waals surface area (Å²) in [4.78, 5) is 35.9. The highest BCUT2D eigenvalue weighted by Gasteiger charge is 2.66. The second-order valence-electron chi connectivity index (χ2n) is 17.4. The molecule has 7 atom stereocenters. The lowest BCUT2D eigenvalue weighted by Gasteiger charge is -2.59. The number of aliphatic hydroxyl groups excluding tert-OH is 2. The third-order valence-corrected chi connectivity index (χ3v) is 13.2. The number of nitrogens with one attached hydrogen (secondary N) is 1. The molecule has 1 saturated heterocycles. The van der Waals surface area contributed by atoms with Gasteiger partial charge in [-0.25, -0.2) is 9.59 Å². The van der Waals surface area contributed by atoms with Crippen LogP contribution in [0.3, 0.4) is 0 Å². The van der Waals surface area contributed by atoms with Gasteiger partial charge in [-0.3, -0.25) is 4.90 Å². The summed E-state index contributed by atoms with van der Waals surface area (Å²) in [5.41, 5.74) is 4.01. The largest absolute Gasteiger partial charge is 0.459 e. The molecule has 66 heavy (non-hydrogen) atoms. The van der Waals surface area contributed by atoms with E-state index < -0.39 is 36.2 Å². The number of hydrogen-bond acceptors (Lipinski definition) is 13. The molecule has 354 valence electrons. The molecule has 15 nitrogen and oxygen atoms in total. The summed E-state index contributed by atoms with van der Waals surface area (Å²) in [7, 11) is 0. The number of hydrogen-bond donors (Lipinski definition) is 3. The fourth-order valence-corrected chi connectivity index (χ4v) is 10.3. The summed E-state index contributed by atoms with van der Waals surface area (Å²) < 4.78 is 43.7. The van der Waals surface area contributed by atoms with Gasteiger partial charge in [-0.1, -0.05) is 66.5 Å². The normalized spacial score (nSPS) is 25.4. The maximum absolute atomic E-state index is 14.6. The van der Waals surface area contributed by atoms with Crippen LogP contribution < -0.4 is 24.3 Å². The number of allylic oxidation sites excluding steroid dienone is 1. The van der Waals surface area contributed by atoms with Gasteiger partial charge in [0.25, 0.3) is 0 Å². The lowest BCUT2D eigenvalue weighted by Crippen LogP contribution is -2.70. The number of nitrogens with zero attached hydrogens (tertiary/aromatic N) is 2. The lowest BCUT2D eigenvalue weighted by atomic mass is 9.55. The molecule has 1 saturated carbocycles. The van der Waals surface area contributed by atoms with Crippen molar-refractivity contribution in [2.45, 2.75) is 108 Å². The van der Waals surface area contributed by atoms with Gasteiger partial charge in [0.2, 0.25) is 18.9 Å². The Balaban J connectivity index is 1.29. The van der Waals surface area contributed by atoms with E-state index >= 15 is 0 Å². The van der Waals surface area contributed by atoms with Gasteiger partial charge in [-0.15, -0.1) is 6.58 Å². The van der Waals surface area contributed by atoms with Crippen molar-refractivity contribution in [2.75, 3.05) is 39.8 Å². The second-order valence-corrected chi connectivity index (χ2v) is 17.4. The number of rotatable bonds is 20. The number of aliphatic hydroxyl groups is 2. The summed E-state index contributed by atoms with van der Waals surface area (Å²) in [6.45, 7) is 7.19. The Morgan fingerprint density at radius 2 is 1.76 bits per heavy atom. The quantitative estimate of drug-likeness (QED) is 0.0561. The molecule has 3 aromatic rings. The monoisotopic (exact) mass is 909 g/mol. The maximum atomic E-state index is 14.6. The smallest absolute Gasteiger partial charge is 0.412 e. The molecular weight excluding hydrogens is 847 g/mol. The molecular formula is C51H63N3O12. The molecule has 1 unspecified atom stereocenters. The van der Waals surface area contributed by atoms with Crippen molar-refractivity contribution in [1.29, 1.82) is 0 Å². The molecule has 0 bridgehead atoms. The van der Waals surface area contributed by atoms with Crippen molar-refractivity contribution >= 4 is 17.9 Å². The Labute approximate surface area is 386 Å². The second kappa shape index (κ2) is 22.3. The fourth-order valence-electron chi connectivity index (χ4n) is 10.3. The fraction of sp³-hybridized carbons (Fsp3) is 0.510. The minimum atomic E-state index is -1.54. The van der Waals surface area contributed by atoms with Gasteiger partial charge < -0.3 is 53.5 Å². The van der Waals surface area contributed by atoms with E-state index in [1.807, 2.05) is 60.7 Å². The van der Waals surface area contributed by atoms with Crippen molar-refractivity contribution in [3.63, 3.8) is 0 Å². The van der Waals surface area contributed by atoms with Crippen LogP contribution in [0.5, 0.6) is 23.0 Å². The highest BCUT2D eigenvalue weighted by Crippen LogP contribution is 2.62. The Morgan fingerprint density at radius 3 is 2.53 bits per heavy atom. The standard InChI is InChI=1S/C51H63N3O12/c1-3-25-63-51-45(54(50(58)59-4-2)32-35-19-21-43-44(27-35)62-33-61-43)30-41(53-66-46-18-10-13-26-60-46)39-28-36(16-8-11-23-55)38(17-9-12-24-56)47(48(39)51)40-29-37(20-22-42(40)65-51)64-49(57)52-31-34-14-6-5-7-15-34/h3,5-7,14-15,19-22,27-29,36,38,45-48,55-56H,1,4,8-13,16-18,23-26,30-33H2,2H3,(H,52,57)/t36-,38+,45-,46?,47+,48+,51+/m0/s1. The predicted octanol–water partition coefficient (Wildman–Crippen LogP) is 8.52. The molecule has 2 aliphatic carbocycles. The predicted molar refractivity (Wildman–Crippen MR) is 244 cm³/mol. The molecule has 3 heterocycles. The van der Waals surface area contributed by atoms with Crippen molar-refractivity contribution in [1.82, 2.24) is 10.2 Å². The first-order chi connectivity index (χ1) is 32.3. The number of carbonyl (C=O) groups excluding carboxylic acids is 2. The third-order valence-electron chi connectivity index (χ3n) is 13.2. The van der Waals surface area contributed by atoms with E-state index in [9.17, 15) is 19.8 Å². The van der Waals surface area contributed by atoms with E-state index in [4.69, 9.17) is 43.2 Å². The zero-order valence-corrected chi connectivity index (χ0v) is 37.8. The van der Waals surface area contributed by atoms with Crippen LogP contribution in [0.25, 0.3) is 0 Å². The molecule has 5 aliphatic rings. The summed E-state index contributed by atoms with van der Waals surface area (Å²) in [5, 5.41) is 27.8. The SMILES string of the molecule is C=CCO[C@@]12Oc3ccc(OC(=O)NCc4ccccc4)cc3[C@H]3[C@H](CCCCO)[C@@H](CCCCO)C=C(C(=NOC4CCCCO4)C[C@@H]1N(Cc1ccc4c(c1)OCO4)C(=O)OCC)[C@H]32. The average molecular weight is 910 g/mol. The van der Waals surface area contributed by atoms with Gasteiger partial charge in [0.1, 0.15) is 17.5 Å². The van der Waals surface area contributed by atoms with Crippen molar-refractivity contribution in [3.05, 3.63) is 108 Å². The first-order valence-electron chi connectivity index (χ1n) is 23.5. The summed E-state index contributed by atoms with van der Waals surface area (Å²) in [5.74, 6) is -0.491. The highest BCUT2D eigenvalue weighted by atomic mass is 16.8. The third kappa shape index (κ3) is 10.5. The molecule has 2 amide bonds. The highest BCUT2D eigenvalue weighted by molar-refractivity contribution is 6.03. The van der Waals surface area contributed by atoms with Crippen molar-refractivity contribution in [3.8, 4) is 23.0 Å². The molecule has 3 aliphatic heterocycles. The van der Waals surface area contributed by atoms with Crippen molar-refractivity contribution in [2.24, 2.45) is 22.9 Å². The number of unbranched alkanes of at least 4 members (excludes halogenated alkanes) is 2. The zero-order valence-electron chi connectivity index (χ0n) is 37.8. The van der Waals surface area contributed by atoms with E-state index in [1.54, 1.807) is 24.0 Å². The van der Waals surface area contributed by atoms with Gasteiger partial charge in [0.15, 0.2) is 11.5 Å². The Hall–Kier alpha value is -5.61. The first kappa shape index (κ1) is 46.9. The molecule has 8 rings (SSSR count). The lowest BCUT2D eigenvalue weighted by molar-refractivity contribution is -0.256. The minimum Gasteiger partial charge on any atom is -0.459 e.